The fourth-order valence-corrected chi connectivity index (χ4v) is 5.33. The van der Waals surface area contributed by atoms with Crippen LogP contribution in [0.25, 0.3) is 0 Å². The van der Waals surface area contributed by atoms with Gasteiger partial charge in [0.05, 0.1) is 20.6 Å². The number of halogens is 1. The van der Waals surface area contributed by atoms with E-state index in [0.717, 1.165) is 43.1 Å². The van der Waals surface area contributed by atoms with Gasteiger partial charge in [0.2, 0.25) is 0 Å². The van der Waals surface area contributed by atoms with Crippen LogP contribution in [0.1, 0.15) is 149 Å². The number of nitrogens with two attached hydrogens (primary N) is 1. The van der Waals surface area contributed by atoms with Gasteiger partial charge in [-0.05, 0) is 19.3 Å². The average molecular weight is 475 g/mol. The van der Waals surface area contributed by atoms with Crippen LogP contribution in [0, 0.1) is 0 Å². The van der Waals surface area contributed by atoms with E-state index in [9.17, 15) is 4.79 Å². The van der Waals surface area contributed by atoms with Crippen molar-refractivity contribution in [3.63, 3.8) is 0 Å². The molecule has 0 saturated heterocycles. The summed E-state index contributed by atoms with van der Waals surface area (Å²) in [6.45, 7) is 7.75. The molecular formula is C28H59ClN2O. The third-order valence-corrected chi connectivity index (χ3v) is 7.54. The highest BCUT2D eigenvalue weighted by Crippen LogP contribution is 2.33. The minimum Gasteiger partial charge on any atom is -1.00 e. The van der Waals surface area contributed by atoms with Crippen LogP contribution in [0.3, 0.4) is 0 Å². The van der Waals surface area contributed by atoms with Crippen molar-refractivity contribution in [2.45, 2.75) is 155 Å². The number of hydrogen-bond donors (Lipinski definition) is 1. The van der Waals surface area contributed by atoms with Crippen molar-refractivity contribution >= 4 is 5.91 Å². The predicted molar refractivity (Wildman–Crippen MR) is 138 cm³/mol. The summed E-state index contributed by atoms with van der Waals surface area (Å²) in [5.41, 5.74) is 5.68. The molecule has 0 aromatic rings. The number of carbonyl (C=O) groups is 1. The summed E-state index contributed by atoms with van der Waals surface area (Å²) in [5.74, 6) is -0.0725. The van der Waals surface area contributed by atoms with Crippen LogP contribution in [-0.2, 0) is 4.79 Å². The molecule has 0 aliphatic rings. The summed E-state index contributed by atoms with van der Waals surface area (Å²) >= 11 is 0. The van der Waals surface area contributed by atoms with Gasteiger partial charge >= 0.3 is 0 Å². The molecule has 194 valence electrons. The lowest BCUT2D eigenvalue weighted by Gasteiger charge is -2.47. The highest BCUT2D eigenvalue weighted by molar-refractivity contribution is 5.83. The molecule has 0 aliphatic heterocycles. The van der Waals surface area contributed by atoms with Gasteiger partial charge < -0.3 is 22.6 Å². The van der Waals surface area contributed by atoms with E-state index >= 15 is 0 Å². The zero-order valence-corrected chi connectivity index (χ0v) is 23.4. The maximum Gasteiger partial charge on any atom is 0.278 e. The largest absolute Gasteiger partial charge is 1.00 e. The van der Waals surface area contributed by atoms with Crippen molar-refractivity contribution in [1.29, 1.82) is 0 Å². The van der Waals surface area contributed by atoms with Gasteiger partial charge in [-0.15, -0.1) is 0 Å². The quantitative estimate of drug-likeness (QED) is 0.161. The molecule has 0 bridgehead atoms. The molecule has 0 saturated carbocycles. The van der Waals surface area contributed by atoms with Crippen molar-refractivity contribution in [1.82, 2.24) is 0 Å². The highest BCUT2D eigenvalue weighted by atomic mass is 35.5. The Kier molecular flexibility index (Phi) is 22.5. The van der Waals surface area contributed by atoms with Gasteiger partial charge in [0, 0.05) is 12.8 Å². The lowest BCUT2D eigenvalue weighted by Crippen LogP contribution is -3.00. The van der Waals surface area contributed by atoms with Gasteiger partial charge in [-0.1, -0.05) is 117 Å². The van der Waals surface area contributed by atoms with Crippen LogP contribution in [0.5, 0.6) is 0 Å². The normalized spacial score (nSPS) is 13.5. The van der Waals surface area contributed by atoms with Gasteiger partial charge in [0.1, 0.15) is 0 Å². The minimum atomic E-state index is -0.387. The second-order valence-corrected chi connectivity index (χ2v) is 10.6. The van der Waals surface area contributed by atoms with Gasteiger partial charge in [0.15, 0.2) is 5.54 Å². The molecular weight excluding hydrogens is 416 g/mol. The molecule has 0 aromatic carbocycles. The van der Waals surface area contributed by atoms with Crippen molar-refractivity contribution in [3.8, 4) is 0 Å². The molecule has 1 unspecified atom stereocenters. The number of carbonyl (C=O) groups excluding carboxylic acids is 1. The first kappa shape index (κ1) is 33.9. The summed E-state index contributed by atoms with van der Waals surface area (Å²) in [6.07, 6.45) is 25.6. The monoisotopic (exact) mass is 474 g/mol. The molecule has 0 aromatic heterocycles. The Morgan fingerprint density at radius 2 is 0.906 bits per heavy atom. The summed E-state index contributed by atoms with van der Waals surface area (Å²) in [6, 6.07) is 0. The summed E-state index contributed by atoms with van der Waals surface area (Å²) in [7, 11) is 4.45. The second-order valence-electron chi connectivity index (χ2n) is 10.6. The zero-order valence-electron chi connectivity index (χ0n) is 22.7. The van der Waals surface area contributed by atoms with E-state index < -0.39 is 0 Å². The fraction of sp³-hybridized carbons (Fsp3) is 0.964. The van der Waals surface area contributed by atoms with E-state index in [2.05, 4.69) is 34.9 Å². The Morgan fingerprint density at radius 3 is 1.25 bits per heavy atom. The molecule has 1 amide bonds. The smallest absolute Gasteiger partial charge is 0.278 e. The Bertz CT molecular complexity index is 428. The maximum atomic E-state index is 12.7. The second kappa shape index (κ2) is 21.3. The summed E-state index contributed by atoms with van der Waals surface area (Å²) in [4.78, 5) is 12.7. The molecule has 1 atom stereocenters. The first-order chi connectivity index (χ1) is 14.9. The first-order valence-electron chi connectivity index (χ1n) is 14.0. The van der Waals surface area contributed by atoms with Crippen molar-refractivity contribution in [3.05, 3.63) is 0 Å². The van der Waals surface area contributed by atoms with Crippen LogP contribution in [-0.4, -0.2) is 36.6 Å². The van der Waals surface area contributed by atoms with E-state index in [1.807, 2.05) is 0 Å². The summed E-state index contributed by atoms with van der Waals surface area (Å²) in [5, 5.41) is 0. The predicted octanol–water partition coefficient (Wildman–Crippen LogP) is 5.15. The fourth-order valence-electron chi connectivity index (χ4n) is 5.33. The van der Waals surface area contributed by atoms with Crippen molar-refractivity contribution in [2.75, 3.05) is 20.6 Å². The third-order valence-electron chi connectivity index (χ3n) is 7.54. The molecule has 0 spiro atoms. The van der Waals surface area contributed by atoms with Gasteiger partial charge in [-0.2, -0.15) is 0 Å². The number of amides is 1. The van der Waals surface area contributed by atoms with Crippen LogP contribution < -0.4 is 18.1 Å². The molecule has 2 N–H and O–H groups in total. The number of unbranched alkanes of at least 4 members (excludes halogenated alkanes) is 15. The summed E-state index contributed by atoms with van der Waals surface area (Å²) < 4.78 is 0.751. The minimum absolute atomic E-state index is 0. The number of nitrogens with zero attached hydrogens (tertiary/aromatic N) is 1. The van der Waals surface area contributed by atoms with E-state index in [4.69, 9.17) is 5.73 Å². The van der Waals surface area contributed by atoms with Crippen LogP contribution in [0.2, 0.25) is 0 Å². The Labute approximate surface area is 208 Å². The SMILES string of the molecule is CCCCCCCCCCCCCCCCC(CCCCC)(C(N)=O)[N+](C)(C)CCC.[Cl-]. The Morgan fingerprint density at radius 1 is 0.594 bits per heavy atom. The van der Waals surface area contributed by atoms with Crippen LogP contribution in [0.15, 0.2) is 0 Å². The molecule has 4 heteroatoms. The van der Waals surface area contributed by atoms with E-state index in [0.29, 0.717) is 0 Å². The van der Waals surface area contributed by atoms with Crippen LogP contribution >= 0.6 is 0 Å². The number of primary amides is 1. The lowest BCUT2D eigenvalue weighted by molar-refractivity contribution is -0.932. The van der Waals surface area contributed by atoms with E-state index in [1.165, 1.54) is 96.3 Å². The number of quaternary nitrogens is 1. The molecule has 32 heavy (non-hydrogen) atoms. The average Bonchev–Trinajstić information content (AvgIpc) is 2.72. The van der Waals surface area contributed by atoms with Crippen molar-refractivity contribution < 1.29 is 21.7 Å². The van der Waals surface area contributed by atoms with Gasteiger partial charge in [-0.3, -0.25) is 4.79 Å². The Hall–Kier alpha value is -0.280. The maximum absolute atomic E-state index is 12.7. The van der Waals surface area contributed by atoms with Crippen molar-refractivity contribution in [2.24, 2.45) is 5.73 Å². The molecule has 0 fully saturated rings. The number of rotatable bonds is 23. The third kappa shape index (κ3) is 14.1. The van der Waals surface area contributed by atoms with Gasteiger partial charge in [0.25, 0.3) is 5.91 Å². The van der Waals surface area contributed by atoms with Gasteiger partial charge in [-0.25, -0.2) is 0 Å². The molecule has 0 rings (SSSR count). The Balaban J connectivity index is 0. The topological polar surface area (TPSA) is 43.1 Å². The molecule has 0 heterocycles. The standard InChI is InChI=1S/C28H58N2O.ClH/c1-6-9-11-12-13-14-15-16-17-18-19-20-21-23-25-28(27(29)31,24-22-10-7-2)30(4,5)26-8-3;/h6-26H2,1-5H3,(H-,29,31);1H. The molecule has 0 radical (unpaired) electrons. The van der Waals surface area contributed by atoms with E-state index in [-0.39, 0.29) is 23.9 Å². The number of likely N-dealkylation sites (N-methyl/N-ethyl adjacent to an activating group) is 1. The molecule has 3 nitrogen and oxygen atoms in total. The van der Waals surface area contributed by atoms with E-state index in [1.54, 1.807) is 0 Å². The highest BCUT2D eigenvalue weighted by Gasteiger charge is 2.49. The first-order valence-corrected chi connectivity index (χ1v) is 14.0. The van der Waals surface area contributed by atoms with Crippen LogP contribution in [0.4, 0.5) is 0 Å². The number of hydrogen-bond acceptors (Lipinski definition) is 1. The lowest BCUT2D eigenvalue weighted by atomic mass is 9.82. The zero-order chi connectivity index (χ0) is 23.4. The molecule has 0 aliphatic carbocycles.